The molecular formula is C14H23N5O. The summed E-state index contributed by atoms with van der Waals surface area (Å²) in [4.78, 5) is 20.7. The number of hydrogen-bond acceptors (Lipinski definition) is 4. The molecule has 0 aliphatic carbocycles. The number of carbonyl (C=O) groups excluding carboxylic acids is 1. The smallest absolute Gasteiger partial charge is 0.321 e. The lowest BCUT2D eigenvalue weighted by atomic mass is 9.73. The van der Waals surface area contributed by atoms with Crippen LogP contribution in [0.2, 0.25) is 0 Å². The molecule has 0 radical (unpaired) electrons. The second-order valence-corrected chi connectivity index (χ2v) is 6.54. The third-order valence-electron chi connectivity index (χ3n) is 4.55. The maximum Gasteiger partial charge on any atom is 0.346 e. The van der Waals surface area contributed by atoms with Crippen LogP contribution in [0.4, 0.5) is 4.79 Å². The predicted molar refractivity (Wildman–Crippen MR) is 75.5 cm³/mol. The van der Waals surface area contributed by atoms with Gasteiger partial charge in [0.2, 0.25) is 0 Å². The van der Waals surface area contributed by atoms with Gasteiger partial charge in [-0.2, -0.15) is 4.68 Å². The Morgan fingerprint density at radius 2 is 2.10 bits per heavy atom. The van der Waals surface area contributed by atoms with Crippen molar-refractivity contribution < 1.29 is 4.79 Å². The molecule has 20 heavy (non-hydrogen) atoms. The van der Waals surface area contributed by atoms with Crippen molar-refractivity contribution in [1.29, 1.82) is 0 Å². The van der Waals surface area contributed by atoms with Crippen LogP contribution >= 0.6 is 0 Å². The Bertz CT molecular complexity index is 503. The molecular weight excluding hydrogens is 254 g/mol. The number of rotatable bonds is 1. The number of nitrogens with zero attached hydrogens (tertiary/aromatic N) is 5. The first-order valence-electron chi connectivity index (χ1n) is 7.41. The molecule has 2 saturated heterocycles. The summed E-state index contributed by atoms with van der Waals surface area (Å²) in [6, 6.07) is 0.549. The van der Waals surface area contributed by atoms with Gasteiger partial charge in [-0.25, -0.2) is 9.78 Å². The van der Waals surface area contributed by atoms with E-state index in [0.29, 0.717) is 17.3 Å². The minimum Gasteiger partial charge on any atom is -0.321 e. The zero-order valence-corrected chi connectivity index (χ0v) is 12.5. The van der Waals surface area contributed by atoms with Crippen LogP contribution in [0.1, 0.15) is 32.5 Å². The van der Waals surface area contributed by atoms with Crippen LogP contribution in [-0.2, 0) is 0 Å². The lowest BCUT2D eigenvalue weighted by Gasteiger charge is -2.55. The second kappa shape index (κ2) is 4.84. The fourth-order valence-electron chi connectivity index (χ4n) is 3.43. The van der Waals surface area contributed by atoms with E-state index < -0.39 is 0 Å². The Morgan fingerprint density at radius 3 is 2.70 bits per heavy atom. The molecule has 2 aliphatic heterocycles. The van der Waals surface area contributed by atoms with Crippen LogP contribution in [0.25, 0.3) is 0 Å². The molecule has 2 fully saturated rings. The molecule has 3 heterocycles. The highest BCUT2D eigenvalue weighted by Crippen LogP contribution is 2.39. The quantitative estimate of drug-likeness (QED) is 0.778. The van der Waals surface area contributed by atoms with Gasteiger partial charge in [-0.15, -0.1) is 5.10 Å². The summed E-state index contributed by atoms with van der Waals surface area (Å²) in [5, 5.41) is 4.09. The lowest BCUT2D eigenvalue weighted by molar-refractivity contribution is -0.0390. The van der Waals surface area contributed by atoms with E-state index in [2.05, 4.69) is 28.8 Å². The molecule has 2 aliphatic rings. The minimum atomic E-state index is -0.0436. The van der Waals surface area contributed by atoms with Gasteiger partial charge in [-0.3, -0.25) is 0 Å². The molecule has 1 spiro atoms. The minimum absolute atomic E-state index is 0.0436. The van der Waals surface area contributed by atoms with Crippen molar-refractivity contribution in [3.63, 3.8) is 0 Å². The summed E-state index contributed by atoms with van der Waals surface area (Å²) >= 11 is 0. The van der Waals surface area contributed by atoms with E-state index in [9.17, 15) is 4.79 Å². The number of carbonyl (C=O) groups is 1. The zero-order valence-electron chi connectivity index (χ0n) is 12.5. The van der Waals surface area contributed by atoms with Crippen LogP contribution in [0.15, 0.2) is 6.33 Å². The van der Waals surface area contributed by atoms with Crippen molar-refractivity contribution in [1.82, 2.24) is 24.6 Å². The summed E-state index contributed by atoms with van der Waals surface area (Å²) in [7, 11) is 0. The highest BCUT2D eigenvalue weighted by molar-refractivity contribution is 5.76. The molecule has 110 valence electrons. The third-order valence-corrected chi connectivity index (χ3v) is 4.55. The lowest BCUT2D eigenvalue weighted by Crippen LogP contribution is -2.65. The van der Waals surface area contributed by atoms with E-state index in [4.69, 9.17) is 0 Å². The van der Waals surface area contributed by atoms with Gasteiger partial charge < -0.3 is 9.80 Å². The van der Waals surface area contributed by atoms with Gasteiger partial charge in [0.05, 0.1) is 0 Å². The summed E-state index contributed by atoms with van der Waals surface area (Å²) in [5.74, 6) is 0.636. The Morgan fingerprint density at radius 1 is 1.35 bits per heavy atom. The molecule has 1 aromatic rings. The normalized spacial score (nSPS) is 22.3. The summed E-state index contributed by atoms with van der Waals surface area (Å²) in [5.41, 5.74) is 0.313. The maximum atomic E-state index is 12.3. The van der Waals surface area contributed by atoms with E-state index in [1.165, 1.54) is 30.4 Å². The first-order valence-corrected chi connectivity index (χ1v) is 7.41. The van der Waals surface area contributed by atoms with Gasteiger partial charge >= 0.3 is 6.03 Å². The number of aryl methyl sites for hydroxylation is 1. The monoisotopic (exact) mass is 277 g/mol. The Kier molecular flexibility index (Phi) is 3.28. The van der Waals surface area contributed by atoms with E-state index in [1.54, 1.807) is 6.92 Å². The van der Waals surface area contributed by atoms with Crippen molar-refractivity contribution in [3.8, 4) is 0 Å². The van der Waals surface area contributed by atoms with E-state index in [0.717, 1.165) is 19.6 Å². The molecule has 6 heteroatoms. The molecule has 0 atom stereocenters. The molecule has 0 N–H and O–H groups in total. The van der Waals surface area contributed by atoms with E-state index in [-0.39, 0.29) is 6.03 Å². The molecule has 0 unspecified atom stereocenters. The van der Waals surface area contributed by atoms with Crippen LogP contribution < -0.4 is 0 Å². The van der Waals surface area contributed by atoms with Gasteiger partial charge in [0.25, 0.3) is 0 Å². The molecule has 1 aromatic heterocycles. The number of hydrogen-bond donors (Lipinski definition) is 0. The fraction of sp³-hybridized carbons (Fsp3) is 0.786. The Balaban J connectivity index is 1.61. The van der Waals surface area contributed by atoms with Crippen molar-refractivity contribution in [3.05, 3.63) is 12.2 Å². The summed E-state index contributed by atoms with van der Waals surface area (Å²) < 4.78 is 1.35. The van der Waals surface area contributed by atoms with E-state index in [1.807, 2.05) is 4.90 Å². The average molecular weight is 277 g/mol. The van der Waals surface area contributed by atoms with Crippen LogP contribution in [0.5, 0.6) is 0 Å². The highest BCUT2D eigenvalue weighted by Gasteiger charge is 2.48. The first kappa shape index (κ1) is 13.5. The van der Waals surface area contributed by atoms with Crippen LogP contribution in [0.3, 0.4) is 0 Å². The maximum absolute atomic E-state index is 12.3. The largest absolute Gasteiger partial charge is 0.346 e. The zero-order chi connectivity index (χ0) is 14.3. The molecule has 0 aromatic carbocycles. The SMILES string of the molecule is Cc1ncn(C(=O)N2CC3(CCCN(C(C)C)C3)C2)n1. The number of piperidine rings is 1. The Hall–Kier alpha value is -1.43. The molecule has 6 nitrogen and oxygen atoms in total. The van der Waals surface area contributed by atoms with Crippen LogP contribution in [-0.4, -0.2) is 62.8 Å². The predicted octanol–water partition coefficient (Wildman–Crippen LogP) is 1.36. The molecule has 3 rings (SSSR count). The van der Waals surface area contributed by atoms with Crippen LogP contribution in [0, 0.1) is 12.3 Å². The van der Waals surface area contributed by atoms with Crippen molar-refractivity contribution in [2.24, 2.45) is 5.41 Å². The highest BCUT2D eigenvalue weighted by atomic mass is 16.2. The van der Waals surface area contributed by atoms with Gasteiger partial charge in [0.1, 0.15) is 12.2 Å². The number of aromatic nitrogens is 3. The Labute approximate surface area is 119 Å². The van der Waals surface area contributed by atoms with Crippen molar-refractivity contribution in [2.75, 3.05) is 26.2 Å². The topological polar surface area (TPSA) is 54.3 Å². The van der Waals surface area contributed by atoms with Crippen molar-refractivity contribution in [2.45, 2.75) is 39.7 Å². The second-order valence-electron chi connectivity index (χ2n) is 6.54. The molecule has 0 bridgehead atoms. The average Bonchev–Trinajstić information content (AvgIpc) is 2.82. The van der Waals surface area contributed by atoms with Crippen molar-refractivity contribution >= 4 is 6.03 Å². The molecule has 0 saturated carbocycles. The fourth-order valence-corrected chi connectivity index (χ4v) is 3.43. The van der Waals surface area contributed by atoms with E-state index >= 15 is 0 Å². The third kappa shape index (κ3) is 2.32. The summed E-state index contributed by atoms with van der Waals surface area (Å²) in [6.45, 7) is 10.3. The first-order chi connectivity index (χ1) is 9.49. The molecule has 1 amide bonds. The number of amides is 1. The summed E-state index contributed by atoms with van der Waals surface area (Å²) in [6.07, 6.45) is 3.98. The van der Waals surface area contributed by atoms with Gasteiger partial charge in [0, 0.05) is 31.1 Å². The van der Waals surface area contributed by atoms with Gasteiger partial charge in [0.15, 0.2) is 0 Å². The number of likely N-dealkylation sites (tertiary alicyclic amines) is 2. The van der Waals surface area contributed by atoms with Gasteiger partial charge in [-0.05, 0) is 40.2 Å². The standard InChI is InChI=1S/C14H23N5O/c1-11(2)17-6-4-5-14(7-17)8-18(9-14)13(20)19-10-15-12(3)16-19/h10-11H,4-9H2,1-3H3. The van der Waals surface area contributed by atoms with Gasteiger partial charge in [-0.1, -0.05) is 0 Å².